The summed E-state index contributed by atoms with van der Waals surface area (Å²) in [5.41, 5.74) is 17.3. The number of pyridine rings is 1. The van der Waals surface area contributed by atoms with Gasteiger partial charge in [-0.25, -0.2) is 4.98 Å². The van der Waals surface area contributed by atoms with E-state index in [2.05, 4.69) is 189 Å². The van der Waals surface area contributed by atoms with Gasteiger partial charge in [0, 0.05) is 49.7 Å². The molecule has 0 radical (unpaired) electrons. The van der Waals surface area contributed by atoms with Crippen molar-refractivity contribution < 1.29 is 30.4 Å². The number of imidazole rings is 1. The number of aryl methyl sites for hydroxylation is 1. The molecule has 0 bridgehead atoms. The Labute approximate surface area is 415 Å². The molecule has 1 aliphatic heterocycles. The maximum absolute atomic E-state index is 9.83. The number of rotatable bonds is 3. The molecule has 0 saturated carbocycles. The van der Waals surface area contributed by atoms with Crippen LogP contribution in [0.3, 0.4) is 0 Å². The molecule has 0 amide bonds. The van der Waals surface area contributed by atoms with Crippen molar-refractivity contribution in [3.8, 4) is 40.2 Å². The second-order valence-corrected chi connectivity index (χ2v) is 22.9. The van der Waals surface area contributed by atoms with Crippen LogP contribution in [0.4, 0.5) is 0 Å². The molecule has 0 unspecified atom stereocenters. The number of benzene rings is 6. The van der Waals surface area contributed by atoms with Gasteiger partial charge in [0.2, 0.25) is 6.33 Å². The zero-order chi connectivity index (χ0) is 47.3. The van der Waals surface area contributed by atoms with Crippen molar-refractivity contribution in [2.75, 3.05) is 0 Å². The number of nitriles is 1. The van der Waals surface area contributed by atoms with Gasteiger partial charge in [-0.1, -0.05) is 143 Å². The third kappa shape index (κ3) is 6.59. The molecule has 68 heavy (non-hydrogen) atoms. The van der Waals surface area contributed by atoms with Gasteiger partial charge in [0.15, 0.2) is 0 Å². The molecule has 0 N–H and O–H groups in total. The second-order valence-electron chi connectivity index (χ2n) is 22.9. The Balaban J connectivity index is 0.00000539. The van der Waals surface area contributed by atoms with E-state index in [1.807, 2.05) is 42.5 Å². The Kier molecular flexibility index (Phi) is 10.1. The minimum absolute atomic E-state index is 0. The Morgan fingerprint density at radius 1 is 0.647 bits per heavy atom. The molecule has 6 aromatic carbocycles. The summed E-state index contributed by atoms with van der Waals surface area (Å²) >= 11 is 0. The van der Waals surface area contributed by atoms with Crippen LogP contribution in [0.1, 0.15) is 133 Å². The minimum Gasteiger partial charge on any atom is -0.510 e. The minimum atomic E-state index is -0.710. The van der Waals surface area contributed by atoms with Crippen LogP contribution in [-0.4, -0.2) is 14.1 Å². The van der Waals surface area contributed by atoms with Gasteiger partial charge in [-0.15, -0.1) is 35.2 Å². The molecule has 7 heteroatoms. The van der Waals surface area contributed by atoms with Crippen molar-refractivity contribution >= 4 is 32.8 Å². The summed E-state index contributed by atoms with van der Waals surface area (Å²) in [6.07, 6.45) is 5.52. The first kappa shape index (κ1) is 45.5. The SMILES string of the molecule is C[n+]1[c-]n2c3c(cccc31)C1(c3ccc(Oc4[c-]c5c(cc4)c4cc(C#N)ccc4n5-c4ccccn4)[c-]c3-2)c2c(cc(C(C)(C)C)cc2C(C)(C)C)-c2cc(C(C)(C)C)cc(C(C)(C)C)c21.[Pt]. The van der Waals surface area contributed by atoms with Gasteiger partial charge in [-0.05, 0) is 107 Å². The largest absolute Gasteiger partial charge is 0.510 e. The van der Waals surface area contributed by atoms with Crippen LogP contribution in [0.5, 0.6) is 11.5 Å². The molecule has 1 spiro atoms. The quantitative estimate of drug-likeness (QED) is 0.131. The summed E-state index contributed by atoms with van der Waals surface area (Å²) in [4.78, 5) is 4.73. The fourth-order valence-corrected chi connectivity index (χ4v) is 11.0. The third-order valence-electron chi connectivity index (χ3n) is 14.3. The molecule has 3 aromatic heterocycles. The zero-order valence-electron chi connectivity index (χ0n) is 41.4. The molecule has 0 atom stereocenters. The number of ether oxygens (including phenoxy) is 1. The number of fused-ring (bicyclic) bond motifs is 12. The summed E-state index contributed by atoms with van der Waals surface area (Å²) in [5.74, 6) is 1.88. The van der Waals surface area contributed by atoms with E-state index >= 15 is 0 Å². The number of hydrogen-bond acceptors (Lipinski definition) is 3. The van der Waals surface area contributed by atoms with Crippen LogP contribution in [0.2, 0.25) is 0 Å². The molecule has 11 rings (SSSR count). The van der Waals surface area contributed by atoms with Crippen LogP contribution < -0.4 is 9.30 Å². The van der Waals surface area contributed by atoms with Crippen molar-refractivity contribution in [1.82, 2.24) is 14.1 Å². The Bertz CT molecular complexity index is 3530. The number of para-hydroxylation sites is 1. The monoisotopic (exact) mass is 1070 g/mol. The first-order valence-electron chi connectivity index (χ1n) is 23.5. The van der Waals surface area contributed by atoms with Gasteiger partial charge in [0.05, 0.1) is 29.7 Å². The maximum Gasteiger partial charge on any atom is 0.242 e. The van der Waals surface area contributed by atoms with E-state index in [1.54, 1.807) is 6.20 Å². The van der Waals surface area contributed by atoms with Crippen molar-refractivity contribution in [2.45, 2.75) is 110 Å². The van der Waals surface area contributed by atoms with Crippen molar-refractivity contribution in [2.24, 2.45) is 7.05 Å². The van der Waals surface area contributed by atoms with Crippen LogP contribution in [-0.2, 0) is 55.2 Å². The molecule has 4 heterocycles. The van der Waals surface area contributed by atoms with Crippen molar-refractivity contribution in [3.05, 3.63) is 178 Å². The molecule has 0 saturated heterocycles. The van der Waals surface area contributed by atoms with E-state index < -0.39 is 5.41 Å². The maximum atomic E-state index is 9.83. The summed E-state index contributed by atoms with van der Waals surface area (Å²) in [6, 6.07) is 46.8. The van der Waals surface area contributed by atoms with E-state index in [9.17, 15) is 5.26 Å². The fraction of sp³-hybridized carbons (Fsp3) is 0.295. The molecule has 0 fully saturated rings. The topological polar surface area (TPSA) is 59.6 Å². The van der Waals surface area contributed by atoms with Gasteiger partial charge in [0.25, 0.3) is 0 Å². The van der Waals surface area contributed by atoms with Crippen LogP contribution in [0.25, 0.3) is 55.5 Å². The Hall–Kier alpha value is -6.28. The molecular formula is C61H57N5OPt-2. The van der Waals surface area contributed by atoms with Gasteiger partial charge >= 0.3 is 0 Å². The van der Waals surface area contributed by atoms with Gasteiger partial charge in [0.1, 0.15) is 5.82 Å². The Morgan fingerprint density at radius 2 is 1.28 bits per heavy atom. The second kappa shape index (κ2) is 15.1. The van der Waals surface area contributed by atoms with E-state index in [1.165, 1.54) is 50.1 Å². The summed E-state index contributed by atoms with van der Waals surface area (Å²) in [6.45, 7) is 28.3. The standard InChI is InChI=1S/C61H57N5O.Pt/c1-57(2,3)37-28-43-44-29-38(58(4,5)6)31-48(60(10,11)12)55(44)61(54(43)47(30-37)59(7,8)9)45-24-22-40(33-52(45)65-35-64(13)50-18-16-17-46(61)56(50)65)67-39-21-23-41-42-27-36(34-62)20-25-49(42)66(51(41)32-39)53-19-14-15-26-63-53;/h14-31H,1-13H3;/q-2;. The fourth-order valence-electron chi connectivity index (χ4n) is 11.0. The van der Waals surface area contributed by atoms with E-state index in [0.717, 1.165) is 49.9 Å². The average Bonchev–Trinajstić information content (AvgIpc) is 3.89. The van der Waals surface area contributed by atoms with Gasteiger partial charge in [-0.3, -0.25) is 0 Å². The third-order valence-corrected chi connectivity index (χ3v) is 14.3. The van der Waals surface area contributed by atoms with Gasteiger partial charge < -0.3 is 18.4 Å². The van der Waals surface area contributed by atoms with E-state index in [4.69, 9.17) is 9.72 Å². The molecule has 344 valence electrons. The molecule has 1 aliphatic carbocycles. The number of nitrogens with zero attached hydrogens (tertiary/aromatic N) is 5. The van der Waals surface area contributed by atoms with Crippen molar-refractivity contribution in [3.63, 3.8) is 0 Å². The molecule has 9 aromatic rings. The summed E-state index contributed by atoms with van der Waals surface area (Å²) < 4.78 is 13.3. The molecular weight excluding hydrogens is 1010 g/mol. The van der Waals surface area contributed by atoms with Crippen LogP contribution >= 0.6 is 0 Å². The number of aromatic nitrogens is 4. The normalized spacial score (nSPS) is 13.9. The first-order chi connectivity index (χ1) is 31.6. The summed E-state index contributed by atoms with van der Waals surface area (Å²) in [5, 5.41) is 11.7. The van der Waals surface area contributed by atoms with Crippen molar-refractivity contribution in [1.29, 1.82) is 5.26 Å². The zero-order valence-corrected chi connectivity index (χ0v) is 43.6. The number of hydrogen-bond donors (Lipinski definition) is 0. The van der Waals surface area contributed by atoms with E-state index in [-0.39, 0.29) is 42.7 Å². The smallest absolute Gasteiger partial charge is 0.242 e. The predicted molar refractivity (Wildman–Crippen MR) is 270 cm³/mol. The predicted octanol–water partition coefficient (Wildman–Crippen LogP) is 13.9. The average molecular weight is 1070 g/mol. The Morgan fingerprint density at radius 3 is 1.87 bits per heavy atom. The van der Waals surface area contributed by atoms with E-state index in [0.29, 0.717) is 17.1 Å². The van der Waals surface area contributed by atoms with Crippen LogP contribution in [0, 0.1) is 29.8 Å². The van der Waals surface area contributed by atoms with Crippen LogP contribution in [0.15, 0.2) is 109 Å². The van der Waals surface area contributed by atoms with Gasteiger partial charge in [-0.2, -0.15) is 17.4 Å². The first-order valence-corrected chi connectivity index (χ1v) is 23.5. The summed E-state index contributed by atoms with van der Waals surface area (Å²) in [7, 11) is 2.09. The molecule has 2 aliphatic rings. The molecule has 6 nitrogen and oxygen atoms in total.